The Labute approximate surface area is 178 Å². The molecule has 31 heavy (non-hydrogen) atoms. The predicted octanol–water partition coefficient (Wildman–Crippen LogP) is 6.89. The molecular formula is C27H17F3O. The van der Waals surface area contributed by atoms with E-state index >= 15 is 0 Å². The van der Waals surface area contributed by atoms with E-state index in [1.165, 1.54) is 18.2 Å². The first kappa shape index (κ1) is 20.3. The number of ether oxygens (including phenoxy) is 1. The maximum atomic E-state index is 14.4. The molecule has 0 amide bonds. The van der Waals surface area contributed by atoms with Gasteiger partial charge in [0.2, 0.25) is 0 Å². The van der Waals surface area contributed by atoms with Crippen molar-refractivity contribution in [3.8, 4) is 28.7 Å². The maximum absolute atomic E-state index is 14.4. The van der Waals surface area contributed by atoms with E-state index in [1.54, 1.807) is 30.3 Å². The van der Waals surface area contributed by atoms with Crippen LogP contribution in [0.15, 0.2) is 85.5 Å². The molecule has 0 bridgehead atoms. The van der Waals surface area contributed by atoms with Gasteiger partial charge in [-0.3, -0.25) is 0 Å². The molecule has 0 aliphatic heterocycles. The maximum Gasteiger partial charge on any atom is 0.137 e. The highest BCUT2D eigenvalue weighted by Gasteiger charge is 2.14. The molecule has 0 saturated carbocycles. The van der Waals surface area contributed by atoms with Gasteiger partial charge < -0.3 is 4.74 Å². The number of hydrogen-bond donors (Lipinski definition) is 0. The van der Waals surface area contributed by atoms with E-state index in [0.717, 1.165) is 28.5 Å². The molecule has 0 aliphatic rings. The van der Waals surface area contributed by atoms with Crippen LogP contribution in [-0.4, -0.2) is 6.61 Å². The van der Waals surface area contributed by atoms with Gasteiger partial charge in [-0.1, -0.05) is 48.8 Å². The molecule has 0 saturated heterocycles. The van der Waals surface area contributed by atoms with Gasteiger partial charge in [0.1, 0.15) is 29.8 Å². The van der Waals surface area contributed by atoms with E-state index in [2.05, 4.69) is 18.4 Å². The van der Waals surface area contributed by atoms with Gasteiger partial charge in [0.05, 0.1) is 5.56 Å². The quantitative estimate of drug-likeness (QED) is 0.261. The lowest BCUT2D eigenvalue weighted by atomic mass is 10.0. The van der Waals surface area contributed by atoms with Crippen LogP contribution in [-0.2, 0) is 0 Å². The lowest BCUT2D eigenvalue weighted by molar-refractivity contribution is 0.358. The lowest BCUT2D eigenvalue weighted by Crippen LogP contribution is -1.97. The van der Waals surface area contributed by atoms with E-state index in [4.69, 9.17) is 4.74 Å². The van der Waals surface area contributed by atoms with Crippen molar-refractivity contribution >= 4 is 10.8 Å². The van der Waals surface area contributed by atoms with E-state index in [-0.39, 0.29) is 23.7 Å². The van der Waals surface area contributed by atoms with Crippen molar-refractivity contribution in [1.82, 2.24) is 0 Å². The molecule has 4 rings (SSSR count). The highest BCUT2D eigenvalue weighted by molar-refractivity contribution is 5.84. The Morgan fingerprint density at radius 3 is 2.06 bits per heavy atom. The van der Waals surface area contributed by atoms with Crippen molar-refractivity contribution in [2.45, 2.75) is 0 Å². The summed E-state index contributed by atoms with van der Waals surface area (Å²) in [7, 11) is 0. The van der Waals surface area contributed by atoms with Gasteiger partial charge in [0, 0.05) is 23.3 Å². The monoisotopic (exact) mass is 414 g/mol. The number of fused-ring (bicyclic) bond motifs is 1. The summed E-state index contributed by atoms with van der Waals surface area (Å²) in [4.78, 5) is 0. The molecule has 0 fully saturated rings. The van der Waals surface area contributed by atoms with E-state index in [1.807, 2.05) is 18.2 Å². The van der Waals surface area contributed by atoms with Crippen LogP contribution < -0.4 is 4.74 Å². The molecule has 4 aromatic carbocycles. The minimum absolute atomic E-state index is 0.110. The van der Waals surface area contributed by atoms with Crippen LogP contribution in [0.25, 0.3) is 21.9 Å². The Morgan fingerprint density at radius 2 is 1.35 bits per heavy atom. The number of hydrogen-bond acceptors (Lipinski definition) is 1. The second-order valence-corrected chi connectivity index (χ2v) is 6.90. The third-order valence-electron chi connectivity index (χ3n) is 4.71. The summed E-state index contributed by atoms with van der Waals surface area (Å²) in [5.41, 5.74) is 1.78. The Hall–Kier alpha value is -3.97. The fourth-order valence-corrected chi connectivity index (χ4v) is 3.22. The topological polar surface area (TPSA) is 9.23 Å². The Bertz CT molecular complexity index is 1310. The van der Waals surface area contributed by atoms with Crippen molar-refractivity contribution in [3.05, 3.63) is 114 Å². The molecule has 0 radical (unpaired) electrons. The van der Waals surface area contributed by atoms with Crippen LogP contribution in [0, 0.1) is 29.3 Å². The molecule has 0 unspecified atom stereocenters. The zero-order valence-corrected chi connectivity index (χ0v) is 16.5. The molecular weight excluding hydrogens is 397 g/mol. The minimum atomic E-state index is -0.703. The van der Waals surface area contributed by atoms with Crippen molar-refractivity contribution in [3.63, 3.8) is 0 Å². The van der Waals surface area contributed by atoms with Gasteiger partial charge in [-0.25, -0.2) is 13.2 Å². The molecule has 0 aliphatic carbocycles. The van der Waals surface area contributed by atoms with E-state index in [9.17, 15) is 13.2 Å². The molecule has 4 heteroatoms. The van der Waals surface area contributed by atoms with Crippen molar-refractivity contribution in [2.75, 3.05) is 6.61 Å². The van der Waals surface area contributed by atoms with Gasteiger partial charge in [-0.05, 0) is 52.7 Å². The Morgan fingerprint density at radius 1 is 0.742 bits per heavy atom. The number of halogens is 3. The smallest absolute Gasteiger partial charge is 0.137 e. The van der Waals surface area contributed by atoms with Crippen LogP contribution in [0.4, 0.5) is 13.2 Å². The van der Waals surface area contributed by atoms with E-state index in [0.29, 0.717) is 11.1 Å². The minimum Gasteiger partial charge on any atom is -0.489 e. The normalized spacial score (nSPS) is 10.4. The third kappa shape index (κ3) is 4.62. The highest BCUT2D eigenvalue weighted by Crippen LogP contribution is 2.30. The van der Waals surface area contributed by atoms with Crippen LogP contribution in [0.3, 0.4) is 0 Å². The summed E-state index contributed by atoms with van der Waals surface area (Å²) in [6.07, 6.45) is 1.50. The molecule has 0 spiro atoms. The number of rotatable bonds is 4. The van der Waals surface area contributed by atoms with Crippen molar-refractivity contribution in [1.29, 1.82) is 0 Å². The van der Waals surface area contributed by atoms with E-state index < -0.39 is 11.6 Å². The largest absolute Gasteiger partial charge is 0.489 e. The van der Waals surface area contributed by atoms with Crippen LogP contribution in [0.1, 0.15) is 11.1 Å². The van der Waals surface area contributed by atoms with Crippen molar-refractivity contribution < 1.29 is 17.9 Å². The molecule has 0 heterocycles. The summed E-state index contributed by atoms with van der Waals surface area (Å²) < 4.78 is 47.4. The van der Waals surface area contributed by atoms with Gasteiger partial charge in [-0.2, -0.15) is 0 Å². The van der Waals surface area contributed by atoms with Crippen LogP contribution in [0.2, 0.25) is 0 Å². The van der Waals surface area contributed by atoms with Gasteiger partial charge in [-0.15, -0.1) is 0 Å². The summed E-state index contributed by atoms with van der Waals surface area (Å²) in [5, 5.41) is 1.70. The Kier molecular flexibility index (Phi) is 5.77. The predicted molar refractivity (Wildman–Crippen MR) is 117 cm³/mol. The zero-order chi connectivity index (χ0) is 21.8. The first-order chi connectivity index (χ1) is 15.0. The second-order valence-electron chi connectivity index (χ2n) is 6.90. The molecule has 0 N–H and O–H groups in total. The van der Waals surface area contributed by atoms with Crippen molar-refractivity contribution in [2.24, 2.45) is 0 Å². The third-order valence-corrected chi connectivity index (χ3v) is 4.71. The van der Waals surface area contributed by atoms with Gasteiger partial charge >= 0.3 is 0 Å². The molecule has 0 atom stereocenters. The van der Waals surface area contributed by atoms with Crippen LogP contribution >= 0.6 is 0 Å². The Balaban J connectivity index is 1.57. The highest BCUT2D eigenvalue weighted by atomic mass is 19.1. The zero-order valence-electron chi connectivity index (χ0n) is 16.5. The number of benzene rings is 4. The average Bonchev–Trinajstić information content (AvgIpc) is 2.76. The summed E-state index contributed by atoms with van der Waals surface area (Å²) >= 11 is 0. The SMILES string of the molecule is C=CCOc1cc(F)c(-c2ccc(C#Cc3ccc4cc(F)ccc4c3)cc2)c(F)c1. The fourth-order valence-electron chi connectivity index (χ4n) is 3.22. The summed E-state index contributed by atoms with van der Waals surface area (Å²) in [5.74, 6) is 4.52. The van der Waals surface area contributed by atoms with Gasteiger partial charge in [0.25, 0.3) is 0 Å². The van der Waals surface area contributed by atoms with Crippen LogP contribution in [0.5, 0.6) is 5.75 Å². The molecule has 0 aromatic heterocycles. The lowest BCUT2D eigenvalue weighted by Gasteiger charge is -2.09. The molecule has 152 valence electrons. The summed E-state index contributed by atoms with van der Waals surface area (Å²) in [6, 6.07) is 19.1. The first-order valence-corrected chi connectivity index (χ1v) is 9.58. The molecule has 4 aromatic rings. The second kappa shape index (κ2) is 8.81. The average molecular weight is 414 g/mol. The fraction of sp³-hybridized carbons (Fsp3) is 0.0370. The standard InChI is InChI=1S/C27H17F3O/c1-2-13-31-24-16-25(29)27(26(30)17-24)20-8-5-18(6-9-20)3-4-19-7-10-22-15-23(28)12-11-21(22)14-19/h2,5-12,14-17H,1,13H2. The van der Waals surface area contributed by atoms with Gasteiger partial charge in [0.15, 0.2) is 0 Å². The molecule has 1 nitrogen and oxygen atoms in total. The summed E-state index contributed by atoms with van der Waals surface area (Å²) in [6.45, 7) is 3.67. The first-order valence-electron chi connectivity index (χ1n) is 9.58.